The highest BCUT2D eigenvalue weighted by molar-refractivity contribution is 5.99. The number of methoxy groups -OCH3 is 1. The van der Waals surface area contributed by atoms with Crippen molar-refractivity contribution in [3.63, 3.8) is 0 Å². The molecule has 0 saturated carbocycles. The van der Waals surface area contributed by atoms with Crippen LogP contribution in [0.4, 0.5) is 5.82 Å². The molecule has 2 heterocycles. The van der Waals surface area contributed by atoms with Gasteiger partial charge in [0.2, 0.25) is 0 Å². The van der Waals surface area contributed by atoms with Gasteiger partial charge in [-0.25, -0.2) is 4.79 Å². The molecule has 0 spiro atoms. The Hall–Kier alpha value is -2.54. The summed E-state index contributed by atoms with van der Waals surface area (Å²) in [6.07, 6.45) is 1.95. The van der Waals surface area contributed by atoms with E-state index in [1.807, 2.05) is 0 Å². The maximum absolute atomic E-state index is 11.6. The average molecular weight is 332 g/mol. The molecule has 1 fully saturated rings. The van der Waals surface area contributed by atoms with E-state index in [9.17, 15) is 9.90 Å². The summed E-state index contributed by atoms with van der Waals surface area (Å²) in [4.78, 5) is 11.6. The van der Waals surface area contributed by atoms with E-state index in [0.717, 1.165) is 26.1 Å². The fourth-order valence-corrected chi connectivity index (χ4v) is 2.75. The third kappa shape index (κ3) is 3.51. The molecule has 1 aromatic carbocycles. The van der Waals surface area contributed by atoms with E-state index in [4.69, 9.17) is 14.0 Å². The van der Waals surface area contributed by atoms with Gasteiger partial charge in [0.1, 0.15) is 5.75 Å². The SMILES string of the molecule is COc1ccc(-c2onc(NCCC3CCOC3)c2C(=O)O)cc1. The van der Waals surface area contributed by atoms with Gasteiger partial charge in [-0.15, -0.1) is 0 Å². The van der Waals surface area contributed by atoms with Crippen molar-refractivity contribution in [3.05, 3.63) is 29.8 Å². The molecule has 0 bridgehead atoms. The van der Waals surface area contributed by atoms with Crippen LogP contribution in [0.15, 0.2) is 28.8 Å². The predicted molar refractivity (Wildman–Crippen MR) is 87.5 cm³/mol. The van der Waals surface area contributed by atoms with Gasteiger partial charge in [-0.2, -0.15) is 0 Å². The number of carbonyl (C=O) groups is 1. The van der Waals surface area contributed by atoms with Crippen LogP contribution in [0.3, 0.4) is 0 Å². The molecule has 3 rings (SSSR count). The van der Waals surface area contributed by atoms with Gasteiger partial charge in [0.25, 0.3) is 0 Å². The van der Waals surface area contributed by atoms with Crippen molar-refractivity contribution in [2.75, 3.05) is 32.2 Å². The number of aromatic nitrogens is 1. The summed E-state index contributed by atoms with van der Waals surface area (Å²) in [6, 6.07) is 6.98. The number of carboxylic acids is 1. The first-order chi connectivity index (χ1) is 11.7. The van der Waals surface area contributed by atoms with Gasteiger partial charge >= 0.3 is 5.97 Å². The fourth-order valence-electron chi connectivity index (χ4n) is 2.75. The Bertz CT molecular complexity index is 690. The van der Waals surface area contributed by atoms with Crippen LogP contribution in [-0.4, -0.2) is 43.1 Å². The lowest BCUT2D eigenvalue weighted by Crippen LogP contribution is -2.11. The molecule has 2 N–H and O–H groups in total. The summed E-state index contributed by atoms with van der Waals surface area (Å²) in [5, 5.41) is 16.5. The molecule has 24 heavy (non-hydrogen) atoms. The minimum Gasteiger partial charge on any atom is -0.497 e. The van der Waals surface area contributed by atoms with Crippen molar-refractivity contribution < 1.29 is 23.9 Å². The Morgan fingerprint density at radius 1 is 1.42 bits per heavy atom. The maximum atomic E-state index is 11.6. The number of hydrogen-bond donors (Lipinski definition) is 2. The summed E-state index contributed by atoms with van der Waals surface area (Å²) in [5.41, 5.74) is 0.681. The van der Waals surface area contributed by atoms with E-state index in [1.54, 1.807) is 31.4 Å². The number of benzene rings is 1. The number of aromatic carboxylic acids is 1. The quantitative estimate of drug-likeness (QED) is 0.805. The van der Waals surface area contributed by atoms with E-state index in [1.165, 1.54) is 0 Å². The van der Waals surface area contributed by atoms with Crippen molar-refractivity contribution in [3.8, 4) is 17.1 Å². The maximum Gasteiger partial charge on any atom is 0.343 e. The first kappa shape index (κ1) is 16.3. The zero-order valence-electron chi connectivity index (χ0n) is 13.4. The van der Waals surface area contributed by atoms with Gasteiger partial charge in [-0.1, -0.05) is 5.16 Å². The van der Waals surface area contributed by atoms with Crippen LogP contribution in [0.25, 0.3) is 11.3 Å². The zero-order valence-corrected chi connectivity index (χ0v) is 13.4. The standard InChI is InChI=1S/C17H20N2O5/c1-22-13-4-2-12(3-5-13)15-14(17(20)21)16(19-24-15)18-8-6-11-7-9-23-10-11/h2-5,11H,6-10H2,1H3,(H,18,19)(H,20,21). The lowest BCUT2D eigenvalue weighted by atomic mass is 10.1. The van der Waals surface area contributed by atoms with Crippen molar-refractivity contribution in [2.24, 2.45) is 5.92 Å². The summed E-state index contributed by atoms with van der Waals surface area (Å²) in [6.45, 7) is 2.20. The number of nitrogens with zero attached hydrogens (tertiary/aromatic N) is 1. The largest absolute Gasteiger partial charge is 0.497 e. The minimum absolute atomic E-state index is 0.0443. The highest BCUT2D eigenvalue weighted by Crippen LogP contribution is 2.30. The summed E-state index contributed by atoms with van der Waals surface area (Å²) in [5.74, 6) is 0.615. The molecular weight excluding hydrogens is 312 g/mol. The molecule has 2 aromatic rings. The number of rotatable bonds is 7. The van der Waals surface area contributed by atoms with E-state index >= 15 is 0 Å². The smallest absolute Gasteiger partial charge is 0.343 e. The molecule has 0 radical (unpaired) electrons. The van der Waals surface area contributed by atoms with E-state index < -0.39 is 5.97 Å². The fraction of sp³-hybridized carbons (Fsp3) is 0.412. The third-order valence-electron chi connectivity index (χ3n) is 4.13. The van der Waals surface area contributed by atoms with E-state index in [2.05, 4.69) is 10.5 Å². The summed E-state index contributed by atoms with van der Waals surface area (Å²) in [7, 11) is 1.57. The molecule has 0 aliphatic carbocycles. The van der Waals surface area contributed by atoms with Crippen LogP contribution in [0, 0.1) is 5.92 Å². The number of carboxylic acid groups (broad SMARTS) is 1. The van der Waals surface area contributed by atoms with Gasteiger partial charge in [-0.3, -0.25) is 0 Å². The highest BCUT2D eigenvalue weighted by Gasteiger charge is 2.24. The monoisotopic (exact) mass is 332 g/mol. The van der Waals surface area contributed by atoms with Gasteiger partial charge in [0, 0.05) is 25.3 Å². The minimum atomic E-state index is -1.08. The van der Waals surface area contributed by atoms with Crippen molar-refractivity contribution in [1.29, 1.82) is 0 Å². The van der Waals surface area contributed by atoms with Crippen LogP contribution in [-0.2, 0) is 4.74 Å². The van der Waals surface area contributed by atoms with Gasteiger partial charge in [0.05, 0.1) is 7.11 Å². The molecule has 128 valence electrons. The van der Waals surface area contributed by atoms with Crippen LogP contribution in [0.1, 0.15) is 23.2 Å². The second-order valence-electron chi connectivity index (χ2n) is 5.71. The Kier molecular flexibility index (Phi) is 5.00. The first-order valence-corrected chi connectivity index (χ1v) is 7.88. The van der Waals surface area contributed by atoms with Gasteiger partial charge in [0.15, 0.2) is 17.1 Å². The highest BCUT2D eigenvalue weighted by atomic mass is 16.5. The molecule has 1 aliphatic rings. The third-order valence-corrected chi connectivity index (χ3v) is 4.13. The van der Waals surface area contributed by atoms with Crippen LogP contribution < -0.4 is 10.1 Å². The molecule has 7 heteroatoms. The van der Waals surface area contributed by atoms with E-state index in [0.29, 0.717) is 23.8 Å². The van der Waals surface area contributed by atoms with Crippen molar-refractivity contribution in [1.82, 2.24) is 5.16 Å². The van der Waals surface area contributed by atoms with E-state index in [-0.39, 0.29) is 17.1 Å². The molecule has 1 unspecified atom stereocenters. The summed E-state index contributed by atoms with van der Waals surface area (Å²) >= 11 is 0. The second kappa shape index (κ2) is 7.35. The Labute approximate surface area is 139 Å². The Morgan fingerprint density at radius 3 is 2.83 bits per heavy atom. The topological polar surface area (TPSA) is 93.8 Å². The van der Waals surface area contributed by atoms with Crippen LogP contribution >= 0.6 is 0 Å². The van der Waals surface area contributed by atoms with Crippen LogP contribution in [0.2, 0.25) is 0 Å². The zero-order chi connectivity index (χ0) is 16.9. The number of nitrogens with one attached hydrogen (secondary N) is 1. The Balaban J connectivity index is 1.75. The normalized spacial score (nSPS) is 17.0. The predicted octanol–water partition coefficient (Wildman–Crippen LogP) is 2.89. The molecule has 1 atom stereocenters. The molecular formula is C17H20N2O5. The number of ether oxygens (including phenoxy) is 2. The van der Waals surface area contributed by atoms with Gasteiger partial charge in [-0.05, 0) is 43.0 Å². The van der Waals surface area contributed by atoms with Crippen molar-refractivity contribution in [2.45, 2.75) is 12.8 Å². The molecule has 7 nitrogen and oxygen atoms in total. The molecule has 1 saturated heterocycles. The second-order valence-corrected chi connectivity index (χ2v) is 5.71. The molecule has 0 amide bonds. The first-order valence-electron chi connectivity index (χ1n) is 7.88. The van der Waals surface area contributed by atoms with Crippen molar-refractivity contribution >= 4 is 11.8 Å². The lowest BCUT2D eigenvalue weighted by Gasteiger charge is -2.08. The molecule has 1 aromatic heterocycles. The average Bonchev–Trinajstić information content (AvgIpc) is 3.24. The number of hydrogen-bond acceptors (Lipinski definition) is 6. The van der Waals surface area contributed by atoms with Crippen LogP contribution in [0.5, 0.6) is 5.75 Å². The summed E-state index contributed by atoms with van der Waals surface area (Å²) < 4.78 is 15.7. The van der Waals surface area contributed by atoms with Gasteiger partial charge < -0.3 is 24.4 Å². The molecule has 1 aliphatic heterocycles. The number of anilines is 1. The lowest BCUT2D eigenvalue weighted by molar-refractivity contribution is 0.0698. The Morgan fingerprint density at radius 2 is 2.21 bits per heavy atom.